The van der Waals surface area contributed by atoms with Gasteiger partial charge in [-0.3, -0.25) is 9.59 Å². The molecule has 11 heteroatoms. The topological polar surface area (TPSA) is 84.2 Å². The minimum absolute atomic E-state index is 0.0513. The maximum absolute atomic E-state index is 13.3. The normalized spacial score (nSPS) is 18.3. The van der Waals surface area contributed by atoms with Crippen LogP contribution in [0, 0.1) is 11.7 Å². The van der Waals surface area contributed by atoms with E-state index in [1.807, 2.05) is 0 Å². The summed E-state index contributed by atoms with van der Waals surface area (Å²) in [5, 5.41) is 6.20. The lowest BCUT2D eigenvalue weighted by Gasteiger charge is -2.11. The second-order valence-corrected chi connectivity index (χ2v) is 10.4. The highest BCUT2D eigenvalue weighted by molar-refractivity contribution is 6.53. The van der Waals surface area contributed by atoms with Crippen LogP contribution >= 0.6 is 58.0 Å². The number of amides is 2. The molecule has 0 heterocycles. The molecule has 176 valence electrons. The Labute approximate surface area is 219 Å². The smallest absolute Gasteiger partial charge is 0.257 e. The van der Waals surface area contributed by atoms with E-state index in [4.69, 9.17) is 63.7 Å². The fourth-order valence-corrected chi connectivity index (χ4v) is 5.23. The van der Waals surface area contributed by atoms with Crippen molar-refractivity contribution in [3.8, 4) is 0 Å². The zero-order valence-corrected chi connectivity index (χ0v) is 20.8. The first kappa shape index (κ1) is 24.9. The highest BCUT2D eigenvalue weighted by Gasteiger charge is 2.67. The number of alkyl halides is 2. The van der Waals surface area contributed by atoms with Gasteiger partial charge in [-0.05, 0) is 60.2 Å². The van der Waals surface area contributed by atoms with E-state index in [1.165, 1.54) is 24.3 Å². The van der Waals surface area contributed by atoms with E-state index in [2.05, 4.69) is 10.6 Å². The summed E-state index contributed by atoms with van der Waals surface area (Å²) in [7, 11) is 0. The lowest BCUT2D eigenvalue weighted by molar-refractivity contribution is -0.117. The maximum Gasteiger partial charge on any atom is 0.257 e. The van der Waals surface area contributed by atoms with Gasteiger partial charge >= 0.3 is 0 Å². The summed E-state index contributed by atoms with van der Waals surface area (Å²) in [4.78, 5) is 25.7. The Morgan fingerprint density at radius 2 is 1.59 bits per heavy atom. The van der Waals surface area contributed by atoms with Gasteiger partial charge in [-0.15, -0.1) is 23.2 Å². The van der Waals surface area contributed by atoms with Gasteiger partial charge in [-0.2, -0.15) is 0 Å². The van der Waals surface area contributed by atoms with E-state index in [1.54, 1.807) is 18.2 Å². The molecule has 1 aliphatic rings. The Morgan fingerprint density at radius 3 is 2.24 bits per heavy atom. The number of nitrogen functional groups attached to an aromatic ring is 1. The number of anilines is 3. The van der Waals surface area contributed by atoms with Gasteiger partial charge < -0.3 is 16.4 Å². The molecule has 4 rings (SSSR count). The van der Waals surface area contributed by atoms with Crippen molar-refractivity contribution in [2.75, 3.05) is 16.4 Å². The van der Waals surface area contributed by atoms with Crippen LogP contribution in [0.3, 0.4) is 0 Å². The molecule has 2 amide bonds. The molecule has 3 aromatic carbocycles. The summed E-state index contributed by atoms with van der Waals surface area (Å²) >= 11 is 31.1. The molecule has 0 saturated heterocycles. The fraction of sp³-hybridized carbons (Fsp3) is 0.130. The predicted octanol–water partition coefficient (Wildman–Crippen LogP) is 7.15. The van der Waals surface area contributed by atoms with E-state index in [9.17, 15) is 14.0 Å². The van der Waals surface area contributed by atoms with Crippen LogP contribution in [-0.4, -0.2) is 16.1 Å². The van der Waals surface area contributed by atoms with Gasteiger partial charge in [0, 0.05) is 21.7 Å². The maximum atomic E-state index is 13.3. The van der Waals surface area contributed by atoms with Crippen LogP contribution in [0.15, 0.2) is 54.6 Å². The van der Waals surface area contributed by atoms with Gasteiger partial charge in [-0.1, -0.05) is 34.8 Å². The quantitative estimate of drug-likeness (QED) is 0.229. The Balaban J connectivity index is 1.52. The van der Waals surface area contributed by atoms with Crippen LogP contribution in [0.4, 0.5) is 21.5 Å². The standard InChI is InChI=1S/C23H15Cl5FN3O2/c24-11-5-10(6-12(25)7-11)19-20(23(19,27)28)22(34)31-14-2-3-16(26)15(9-14)21(33)32-18-4-1-13(29)8-17(18)30/h1-9,19-20H,30H2,(H,31,34)(H,32,33)/t19-,20+/m1/s1. The Kier molecular flexibility index (Phi) is 6.91. The number of rotatable bonds is 5. The second-order valence-electron chi connectivity index (χ2n) is 7.70. The summed E-state index contributed by atoms with van der Waals surface area (Å²) in [5.74, 6) is -2.89. The van der Waals surface area contributed by atoms with Crippen LogP contribution in [0.5, 0.6) is 0 Å². The van der Waals surface area contributed by atoms with Crippen LogP contribution in [0.2, 0.25) is 15.1 Å². The number of benzene rings is 3. The molecule has 2 atom stereocenters. The Hall–Kier alpha value is -2.22. The first-order chi connectivity index (χ1) is 16.0. The van der Waals surface area contributed by atoms with Gasteiger partial charge in [0.15, 0.2) is 0 Å². The van der Waals surface area contributed by atoms with Gasteiger partial charge in [0.25, 0.3) is 5.91 Å². The van der Waals surface area contributed by atoms with Crippen molar-refractivity contribution in [3.63, 3.8) is 0 Å². The lowest BCUT2D eigenvalue weighted by atomic mass is 10.1. The van der Waals surface area contributed by atoms with Gasteiger partial charge in [0.1, 0.15) is 10.2 Å². The molecule has 34 heavy (non-hydrogen) atoms. The molecule has 0 radical (unpaired) electrons. The molecule has 0 aliphatic heterocycles. The second kappa shape index (κ2) is 9.44. The monoisotopic (exact) mass is 559 g/mol. The van der Waals surface area contributed by atoms with Crippen molar-refractivity contribution < 1.29 is 14.0 Å². The van der Waals surface area contributed by atoms with Crippen molar-refractivity contribution in [1.82, 2.24) is 0 Å². The van der Waals surface area contributed by atoms with Crippen molar-refractivity contribution in [3.05, 3.63) is 86.6 Å². The highest BCUT2D eigenvalue weighted by Crippen LogP contribution is 2.65. The van der Waals surface area contributed by atoms with Crippen molar-refractivity contribution in [2.45, 2.75) is 10.3 Å². The lowest BCUT2D eigenvalue weighted by Crippen LogP contribution is -2.18. The van der Waals surface area contributed by atoms with Crippen LogP contribution in [0.25, 0.3) is 0 Å². The average molecular weight is 562 g/mol. The third-order valence-electron chi connectivity index (χ3n) is 5.32. The number of carbonyl (C=O) groups excluding carboxylic acids is 2. The number of carbonyl (C=O) groups is 2. The number of hydrogen-bond donors (Lipinski definition) is 3. The van der Waals surface area contributed by atoms with Crippen LogP contribution < -0.4 is 16.4 Å². The minimum Gasteiger partial charge on any atom is -0.397 e. The zero-order valence-electron chi connectivity index (χ0n) is 17.0. The van der Waals surface area contributed by atoms with E-state index < -0.39 is 33.8 Å². The van der Waals surface area contributed by atoms with Crippen molar-refractivity contribution in [1.29, 1.82) is 0 Å². The van der Waals surface area contributed by atoms with Crippen LogP contribution in [-0.2, 0) is 4.79 Å². The van der Waals surface area contributed by atoms with Crippen molar-refractivity contribution in [2.24, 2.45) is 5.92 Å². The molecule has 0 bridgehead atoms. The third-order valence-corrected chi connectivity index (χ3v) is 7.03. The van der Waals surface area contributed by atoms with Gasteiger partial charge in [-0.25, -0.2) is 4.39 Å². The molecule has 1 aliphatic carbocycles. The molecule has 0 spiro atoms. The van der Waals surface area contributed by atoms with E-state index in [-0.39, 0.29) is 22.0 Å². The Morgan fingerprint density at radius 1 is 0.912 bits per heavy atom. The largest absolute Gasteiger partial charge is 0.397 e. The number of nitrogens with one attached hydrogen (secondary N) is 2. The minimum atomic E-state index is -1.36. The molecule has 0 aromatic heterocycles. The third kappa shape index (κ3) is 5.07. The average Bonchev–Trinajstić information content (AvgIpc) is 3.33. The fourth-order valence-electron chi connectivity index (χ4n) is 3.66. The molecule has 3 aromatic rings. The molecule has 5 nitrogen and oxygen atoms in total. The van der Waals surface area contributed by atoms with Crippen LogP contribution in [0.1, 0.15) is 21.8 Å². The predicted molar refractivity (Wildman–Crippen MR) is 136 cm³/mol. The number of nitrogens with two attached hydrogens (primary N) is 1. The van der Waals surface area contributed by atoms with E-state index in [0.717, 1.165) is 12.1 Å². The molecule has 0 unspecified atom stereocenters. The summed E-state index contributed by atoms with van der Waals surface area (Å²) < 4.78 is 11.9. The number of halogens is 6. The zero-order chi connectivity index (χ0) is 24.8. The molecular formula is C23H15Cl5FN3O2. The van der Waals surface area contributed by atoms with Gasteiger partial charge in [0.05, 0.1) is 27.9 Å². The summed E-state index contributed by atoms with van der Waals surface area (Å²) in [6, 6.07) is 12.8. The molecule has 1 fully saturated rings. The number of hydrogen-bond acceptors (Lipinski definition) is 3. The summed E-state index contributed by atoms with van der Waals surface area (Å²) in [6.07, 6.45) is 0. The summed E-state index contributed by atoms with van der Waals surface area (Å²) in [6.45, 7) is 0. The molecular weight excluding hydrogens is 547 g/mol. The van der Waals surface area contributed by atoms with E-state index >= 15 is 0 Å². The van der Waals surface area contributed by atoms with Crippen molar-refractivity contribution >= 4 is 86.9 Å². The van der Waals surface area contributed by atoms with E-state index in [0.29, 0.717) is 21.3 Å². The molecule has 1 saturated carbocycles. The van der Waals surface area contributed by atoms with Gasteiger partial charge in [0.2, 0.25) is 5.91 Å². The summed E-state index contributed by atoms with van der Waals surface area (Å²) in [5.41, 5.74) is 7.01. The highest BCUT2D eigenvalue weighted by atomic mass is 35.5. The first-order valence-corrected chi connectivity index (χ1v) is 11.7. The Bertz CT molecular complexity index is 1300. The molecule has 4 N–H and O–H groups in total. The SMILES string of the molecule is Nc1cc(F)ccc1NC(=O)c1cc(NC(=O)[C@@H]2[C@@H](c3cc(Cl)cc(Cl)c3)C2(Cl)Cl)ccc1Cl. The first-order valence-electron chi connectivity index (χ1n) is 9.78.